The van der Waals surface area contributed by atoms with Gasteiger partial charge in [-0.05, 0) is 26.2 Å². The first-order valence-electron chi connectivity index (χ1n) is 6.97. The van der Waals surface area contributed by atoms with Crippen molar-refractivity contribution in [3.05, 3.63) is 17.6 Å². The van der Waals surface area contributed by atoms with E-state index in [4.69, 9.17) is 15.1 Å². The topological polar surface area (TPSA) is 76.4 Å². The fourth-order valence-corrected chi connectivity index (χ4v) is 3.11. The van der Waals surface area contributed by atoms with Gasteiger partial charge in [-0.1, -0.05) is 26.7 Å². The lowest BCUT2D eigenvalue weighted by molar-refractivity contribution is 0.0908. The Morgan fingerprint density at radius 2 is 1.95 bits per heavy atom. The van der Waals surface area contributed by atoms with Crippen molar-refractivity contribution in [1.29, 1.82) is 0 Å². The molecule has 120 valence electrons. The summed E-state index contributed by atoms with van der Waals surface area (Å²) in [6, 6.07) is 1.16. The van der Waals surface area contributed by atoms with Gasteiger partial charge in [-0.2, -0.15) is 0 Å². The van der Waals surface area contributed by atoms with Crippen LogP contribution in [0, 0.1) is 12.8 Å². The van der Waals surface area contributed by atoms with E-state index in [1.54, 1.807) is 0 Å². The maximum Gasteiger partial charge on any atom is 0.287 e. The molecule has 1 atom stereocenters. The molecule has 1 unspecified atom stereocenters. The van der Waals surface area contributed by atoms with E-state index >= 15 is 0 Å². The molecular weight excluding hydrogens is 314 g/mol. The Morgan fingerprint density at radius 3 is 2.43 bits per heavy atom. The van der Waals surface area contributed by atoms with Gasteiger partial charge in [0.25, 0.3) is 15.0 Å². The first kappa shape index (κ1) is 18.0. The van der Waals surface area contributed by atoms with Crippen molar-refractivity contribution >= 4 is 25.6 Å². The minimum atomic E-state index is -3.90. The summed E-state index contributed by atoms with van der Waals surface area (Å²) >= 11 is 0. The van der Waals surface area contributed by atoms with Gasteiger partial charge in [0, 0.05) is 22.8 Å². The Bertz CT molecular complexity index is 592. The molecule has 1 heterocycles. The molecule has 0 aliphatic carbocycles. The third-order valence-corrected chi connectivity index (χ3v) is 4.58. The summed E-state index contributed by atoms with van der Waals surface area (Å²) in [6.45, 7) is 7.68. The van der Waals surface area contributed by atoms with Gasteiger partial charge >= 0.3 is 0 Å². The summed E-state index contributed by atoms with van der Waals surface area (Å²) in [7, 11) is 1.37. The van der Waals surface area contributed by atoms with E-state index in [1.807, 2.05) is 6.92 Å². The minimum absolute atomic E-state index is 0.00212. The first-order valence-corrected chi connectivity index (χ1v) is 9.28. The van der Waals surface area contributed by atoms with Crippen LogP contribution < -0.4 is 5.32 Å². The first-order chi connectivity index (χ1) is 9.61. The van der Waals surface area contributed by atoms with E-state index in [1.165, 1.54) is 6.92 Å². The van der Waals surface area contributed by atoms with Gasteiger partial charge in [-0.15, -0.1) is 0 Å². The van der Waals surface area contributed by atoms with Crippen molar-refractivity contribution in [2.24, 2.45) is 5.92 Å². The summed E-state index contributed by atoms with van der Waals surface area (Å²) in [6.07, 6.45) is 3.00. The van der Waals surface area contributed by atoms with Gasteiger partial charge in [-0.3, -0.25) is 4.79 Å². The molecule has 5 nitrogen and oxygen atoms in total. The zero-order chi connectivity index (χ0) is 16.2. The number of hydrogen-bond donors (Lipinski definition) is 1. The number of carbonyl (C=O) groups excluding carboxylic acids is 1. The molecule has 0 bridgehead atoms. The van der Waals surface area contributed by atoms with Crippen LogP contribution in [0.4, 0.5) is 0 Å². The van der Waals surface area contributed by atoms with Crippen LogP contribution in [0.1, 0.15) is 56.3 Å². The third kappa shape index (κ3) is 5.71. The van der Waals surface area contributed by atoms with E-state index in [0.29, 0.717) is 5.92 Å². The molecule has 0 aromatic carbocycles. The van der Waals surface area contributed by atoms with E-state index in [0.717, 1.165) is 25.3 Å². The van der Waals surface area contributed by atoms with Crippen molar-refractivity contribution < 1.29 is 17.6 Å². The highest BCUT2D eigenvalue weighted by atomic mass is 35.7. The summed E-state index contributed by atoms with van der Waals surface area (Å²) in [5, 5.41) is 2.79. The van der Waals surface area contributed by atoms with Crippen LogP contribution in [-0.4, -0.2) is 20.4 Å². The predicted octanol–water partition coefficient (Wildman–Crippen LogP) is 3.46. The minimum Gasteiger partial charge on any atom is -0.455 e. The number of nitrogens with one attached hydrogen (secondary N) is 1. The van der Waals surface area contributed by atoms with Crippen LogP contribution in [-0.2, 0) is 9.05 Å². The number of carbonyl (C=O) groups is 1. The van der Waals surface area contributed by atoms with Crippen molar-refractivity contribution in [3.63, 3.8) is 0 Å². The number of amides is 1. The van der Waals surface area contributed by atoms with E-state index < -0.39 is 15.0 Å². The fraction of sp³-hybridized carbons (Fsp3) is 0.643. The van der Waals surface area contributed by atoms with Gasteiger partial charge in [-0.25, -0.2) is 8.42 Å². The maximum absolute atomic E-state index is 12.0. The largest absolute Gasteiger partial charge is 0.455 e. The van der Waals surface area contributed by atoms with Gasteiger partial charge in [0.15, 0.2) is 5.76 Å². The number of halogens is 1. The molecule has 1 amide bonds. The molecule has 0 aliphatic rings. The van der Waals surface area contributed by atoms with Crippen LogP contribution in [0.5, 0.6) is 0 Å². The monoisotopic (exact) mass is 335 g/mol. The second-order valence-corrected chi connectivity index (χ2v) is 8.20. The maximum atomic E-state index is 12.0. The zero-order valence-electron chi connectivity index (χ0n) is 12.8. The standard InChI is InChI=1S/C14H22ClNO4S/c1-9(2)6-5-7-10(3)16-14(17)12-8-13(11(4)20-12)21(15,18)19/h8-10H,5-7H2,1-4H3,(H,16,17). The summed E-state index contributed by atoms with van der Waals surface area (Å²) in [4.78, 5) is 11.8. The number of furan rings is 1. The summed E-state index contributed by atoms with van der Waals surface area (Å²) in [5.74, 6) is 0.281. The highest BCUT2D eigenvalue weighted by Crippen LogP contribution is 2.23. The molecule has 7 heteroatoms. The Labute approximate surface area is 130 Å². The number of rotatable bonds is 7. The third-order valence-electron chi connectivity index (χ3n) is 3.15. The SMILES string of the molecule is Cc1oc(C(=O)NC(C)CCCC(C)C)cc1S(=O)(=O)Cl. The molecule has 1 N–H and O–H groups in total. The number of hydrogen-bond acceptors (Lipinski definition) is 4. The van der Waals surface area contributed by atoms with Crippen LogP contribution in [0.3, 0.4) is 0 Å². The average Bonchev–Trinajstić information content (AvgIpc) is 2.70. The zero-order valence-corrected chi connectivity index (χ0v) is 14.3. The second kappa shape index (κ2) is 7.31. The highest BCUT2D eigenvalue weighted by molar-refractivity contribution is 8.13. The number of aryl methyl sites for hydroxylation is 1. The second-order valence-electron chi connectivity index (χ2n) is 5.67. The lowest BCUT2D eigenvalue weighted by atomic mass is 10.0. The summed E-state index contributed by atoms with van der Waals surface area (Å²) in [5.41, 5.74) is 0. The molecule has 0 fully saturated rings. The van der Waals surface area contributed by atoms with Crippen LogP contribution >= 0.6 is 10.7 Å². The molecule has 21 heavy (non-hydrogen) atoms. The van der Waals surface area contributed by atoms with Crippen molar-refractivity contribution in [2.75, 3.05) is 0 Å². The fourth-order valence-electron chi connectivity index (χ4n) is 2.02. The van der Waals surface area contributed by atoms with Gasteiger partial charge in [0.05, 0.1) is 0 Å². The molecule has 1 rings (SSSR count). The van der Waals surface area contributed by atoms with Crippen molar-refractivity contribution in [2.45, 2.75) is 57.9 Å². The summed E-state index contributed by atoms with van der Waals surface area (Å²) < 4.78 is 27.8. The van der Waals surface area contributed by atoms with Gasteiger partial charge in [0.2, 0.25) is 0 Å². The average molecular weight is 336 g/mol. The lowest BCUT2D eigenvalue weighted by Crippen LogP contribution is -2.32. The van der Waals surface area contributed by atoms with E-state index in [-0.39, 0.29) is 22.5 Å². The van der Waals surface area contributed by atoms with E-state index in [2.05, 4.69) is 19.2 Å². The molecule has 0 radical (unpaired) electrons. The normalized spacial score (nSPS) is 13.4. The Morgan fingerprint density at radius 1 is 1.33 bits per heavy atom. The lowest BCUT2D eigenvalue weighted by Gasteiger charge is -2.13. The van der Waals surface area contributed by atoms with E-state index in [9.17, 15) is 13.2 Å². The van der Waals surface area contributed by atoms with Gasteiger partial charge in [0.1, 0.15) is 10.7 Å². The Balaban J connectivity index is 2.64. The molecule has 0 aliphatic heterocycles. The molecule has 0 spiro atoms. The smallest absolute Gasteiger partial charge is 0.287 e. The molecule has 1 aromatic heterocycles. The predicted molar refractivity (Wildman–Crippen MR) is 82.1 cm³/mol. The molecule has 0 saturated heterocycles. The Kier molecular flexibility index (Phi) is 6.28. The van der Waals surface area contributed by atoms with Crippen LogP contribution in [0.15, 0.2) is 15.4 Å². The van der Waals surface area contributed by atoms with Gasteiger partial charge < -0.3 is 9.73 Å². The molecule has 1 aromatic rings. The van der Waals surface area contributed by atoms with Crippen LogP contribution in [0.2, 0.25) is 0 Å². The quantitative estimate of drug-likeness (QED) is 0.774. The highest BCUT2D eigenvalue weighted by Gasteiger charge is 2.22. The molecular formula is C14H22ClNO4S. The van der Waals surface area contributed by atoms with Crippen molar-refractivity contribution in [1.82, 2.24) is 5.32 Å². The Hall–Kier alpha value is -1.01. The van der Waals surface area contributed by atoms with Crippen LogP contribution in [0.25, 0.3) is 0 Å². The van der Waals surface area contributed by atoms with Crippen molar-refractivity contribution in [3.8, 4) is 0 Å². The molecule has 0 saturated carbocycles.